The monoisotopic (exact) mass is 223 g/mol. The molecule has 0 radical (unpaired) electrons. The van der Waals surface area contributed by atoms with Crippen molar-refractivity contribution >= 4 is 11.6 Å². The van der Waals surface area contributed by atoms with Gasteiger partial charge in [0.05, 0.1) is 11.1 Å². The second kappa shape index (κ2) is 4.35. The van der Waals surface area contributed by atoms with Crippen molar-refractivity contribution in [2.45, 2.75) is 11.8 Å². The van der Waals surface area contributed by atoms with Gasteiger partial charge in [-0.3, -0.25) is 4.98 Å². The van der Waals surface area contributed by atoms with Gasteiger partial charge in [0.2, 0.25) is 0 Å². The van der Waals surface area contributed by atoms with E-state index >= 15 is 0 Å². The zero-order chi connectivity index (χ0) is 10.7. The Bertz CT molecular complexity index is 427. The van der Waals surface area contributed by atoms with Gasteiger partial charge in [-0.05, 0) is 22.6 Å². The largest absolute Gasteiger partial charge is 0.260 e. The number of aromatic nitrogens is 5. The van der Waals surface area contributed by atoms with Crippen LogP contribution < -0.4 is 0 Å². The van der Waals surface area contributed by atoms with Gasteiger partial charge in [0.25, 0.3) is 0 Å². The molecule has 2 heterocycles. The molecule has 1 unspecified atom stereocenters. The molecule has 1 atom stereocenters. The molecule has 2 rings (SSSR count). The summed E-state index contributed by atoms with van der Waals surface area (Å²) in [5, 5.41) is 11.0. The Morgan fingerprint density at radius 2 is 2.33 bits per heavy atom. The van der Waals surface area contributed by atoms with Gasteiger partial charge in [0.15, 0.2) is 5.82 Å². The quantitative estimate of drug-likeness (QED) is 0.732. The van der Waals surface area contributed by atoms with E-state index in [-0.39, 0.29) is 5.38 Å². The van der Waals surface area contributed by atoms with E-state index in [1.54, 1.807) is 17.9 Å². The molecule has 6 heteroatoms. The number of halogens is 1. The third-order valence-electron chi connectivity index (χ3n) is 2.08. The fourth-order valence-corrected chi connectivity index (χ4v) is 1.51. The number of pyridine rings is 1. The SMILES string of the molecule is Cn1nnnc1CC(Cl)c1ccccn1. The van der Waals surface area contributed by atoms with E-state index in [4.69, 9.17) is 11.6 Å². The van der Waals surface area contributed by atoms with Gasteiger partial charge in [-0.2, -0.15) is 0 Å². The van der Waals surface area contributed by atoms with Gasteiger partial charge >= 0.3 is 0 Å². The average molecular weight is 224 g/mol. The molecule has 0 aliphatic heterocycles. The molecule has 0 amide bonds. The minimum absolute atomic E-state index is 0.198. The molecular weight excluding hydrogens is 214 g/mol. The van der Waals surface area contributed by atoms with E-state index in [1.165, 1.54) is 0 Å². The van der Waals surface area contributed by atoms with Gasteiger partial charge in [0.1, 0.15) is 0 Å². The van der Waals surface area contributed by atoms with Gasteiger partial charge < -0.3 is 0 Å². The van der Waals surface area contributed by atoms with Gasteiger partial charge in [-0.25, -0.2) is 4.68 Å². The minimum atomic E-state index is -0.198. The van der Waals surface area contributed by atoms with Crippen molar-refractivity contribution < 1.29 is 0 Å². The second-order valence-corrected chi connectivity index (χ2v) is 3.67. The summed E-state index contributed by atoms with van der Waals surface area (Å²) in [5.41, 5.74) is 0.835. The molecule has 0 saturated heterocycles. The van der Waals surface area contributed by atoms with E-state index in [0.717, 1.165) is 11.5 Å². The first kappa shape index (κ1) is 10.0. The van der Waals surface area contributed by atoms with Crippen LogP contribution in [0, 0.1) is 0 Å². The summed E-state index contributed by atoms with van der Waals surface area (Å²) in [7, 11) is 1.79. The first-order valence-corrected chi connectivity index (χ1v) is 4.97. The molecule has 0 saturated carbocycles. The van der Waals surface area contributed by atoms with E-state index < -0.39 is 0 Å². The lowest BCUT2D eigenvalue weighted by molar-refractivity contribution is 0.665. The maximum absolute atomic E-state index is 6.20. The lowest BCUT2D eigenvalue weighted by atomic mass is 10.2. The van der Waals surface area contributed by atoms with Crippen molar-refractivity contribution in [3.63, 3.8) is 0 Å². The zero-order valence-corrected chi connectivity index (χ0v) is 8.96. The summed E-state index contributed by atoms with van der Waals surface area (Å²) in [6.07, 6.45) is 2.29. The summed E-state index contributed by atoms with van der Waals surface area (Å²) in [6.45, 7) is 0. The molecule has 0 spiro atoms. The van der Waals surface area contributed by atoms with Crippen LogP contribution in [-0.2, 0) is 13.5 Å². The normalized spacial score (nSPS) is 12.7. The van der Waals surface area contributed by atoms with Crippen molar-refractivity contribution in [3.8, 4) is 0 Å². The van der Waals surface area contributed by atoms with Crippen LogP contribution in [0.1, 0.15) is 16.9 Å². The molecule has 0 aliphatic carbocycles. The molecule has 0 bridgehead atoms. The number of rotatable bonds is 3. The molecule has 5 nitrogen and oxygen atoms in total. The highest BCUT2D eigenvalue weighted by atomic mass is 35.5. The number of nitrogens with zero attached hydrogens (tertiary/aromatic N) is 5. The van der Waals surface area contributed by atoms with Crippen LogP contribution in [0.4, 0.5) is 0 Å². The summed E-state index contributed by atoms with van der Waals surface area (Å²) >= 11 is 6.20. The van der Waals surface area contributed by atoms with E-state index in [2.05, 4.69) is 20.5 Å². The fourth-order valence-electron chi connectivity index (χ4n) is 1.25. The molecule has 2 aromatic heterocycles. The number of tetrazole rings is 1. The van der Waals surface area contributed by atoms with Crippen molar-refractivity contribution in [2.24, 2.45) is 7.05 Å². The predicted octanol–water partition coefficient (Wildman–Crippen LogP) is 1.13. The molecule has 0 N–H and O–H groups in total. The maximum atomic E-state index is 6.20. The Morgan fingerprint density at radius 1 is 1.47 bits per heavy atom. The van der Waals surface area contributed by atoms with E-state index in [1.807, 2.05) is 18.2 Å². The Balaban J connectivity index is 2.11. The first-order valence-electron chi connectivity index (χ1n) is 4.53. The van der Waals surface area contributed by atoms with E-state index in [0.29, 0.717) is 6.42 Å². The van der Waals surface area contributed by atoms with Crippen LogP contribution in [-0.4, -0.2) is 25.2 Å². The number of hydrogen-bond acceptors (Lipinski definition) is 4. The lowest BCUT2D eigenvalue weighted by Crippen LogP contribution is -2.05. The van der Waals surface area contributed by atoms with Crippen LogP contribution in [0.15, 0.2) is 24.4 Å². The van der Waals surface area contributed by atoms with Crippen molar-refractivity contribution in [1.82, 2.24) is 25.2 Å². The Morgan fingerprint density at radius 3 is 2.93 bits per heavy atom. The predicted molar refractivity (Wildman–Crippen MR) is 55.3 cm³/mol. The smallest absolute Gasteiger partial charge is 0.152 e. The van der Waals surface area contributed by atoms with Gasteiger partial charge in [-0.15, -0.1) is 16.7 Å². The van der Waals surface area contributed by atoms with Gasteiger partial charge in [0, 0.05) is 19.7 Å². The van der Waals surface area contributed by atoms with Crippen LogP contribution >= 0.6 is 11.6 Å². The molecule has 0 aromatic carbocycles. The number of hydrogen-bond donors (Lipinski definition) is 0. The Kier molecular flexibility index (Phi) is 2.91. The molecule has 0 aliphatic rings. The fraction of sp³-hybridized carbons (Fsp3) is 0.333. The molecule has 78 valence electrons. The third-order valence-corrected chi connectivity index (χ3v) is 2.46. The standard InChI is InChI=1S/C9H10ClN5/c1-15-9(12-13-14-15)6-7(10)8-4-2-3-5-11-8/h2-5,7H,6H2,1H3. The van der Waals surface area contributed by atoms with Crippen LogP contribution in [0.2, 0.25) is 0 Å². The molecular formula is C9H10ClN5. The highest BCUT2D eigenvalue weighted by molar-refractivity contribution is 6.20. The Hall–Kier alpha value is -1.49. The first-order chi connectivity index (χ1) is 7.27. The van der Waals surface area contributed by atoms with Crippen LogP contribution in [0.5, 0.6) is 0 Å². The highest BCUT2D eigenvalue weighted by Crippen LogP contribution is 2.21. The molecule has 2 aromatic rings. The van der Waals surface area contributed by atoms with Crippen molar-refractivity contribution in [3.05, 3.63) is 35.9 Å². The lowest BCUT2D eigenvalue weighted by Gasteiger charge is -2.06. The summed E-state index contributed by atoms with van der Waals surface area (Å²) in [4.78, 5) is 4.18. The maximum Gasteiger partial charge on any atom is 0.152 e. The second-order valence-electron chi connectivity index (χ2n) is 3.14. The van der Waals surface area contributed by atoms with Gasteiger partial charge in [-0.1, -0.05) is 6.07 Å². The number of aryl methyl sites for hydroxylation is 1. The topological polar surface area (TPSA) is 56.5 Å². The van der Waals surface area contributed by atoms with Crippen molar-refractivity contribution in [2.75, 3.05) is 0 Å². The molecule has 15 heavy (non-hydrogen) atoms. The Labute approximate surface area is 92.1 Å². The average Bonchev–Trinajstić information content (AvgIpc) is 2.66. The highest BCUT2D eigenvalue weighted by Gasteiger charge is 2.13. The van der Waals surface area contributed by atoms with Crippen molar-refractivity contribution in [1.29, 1.82) is 0 Å². The number of alkyl halides is 1. The summed E-state index contributed by atoms with van der Waals surface area (Å²) < 4.78 is 1.61. The van der Waals surface area contributed by atoms with Crippen LogP contribution in [0.25, 0.3) is 0 Å². The summed E-state index contributed by atoms with van der Waals surface area (Å²) in [5.74, 6) is 0.751. The third kappa shape index (κ3) is 2.30. The van der Waals surface area contributed by atoms with Crippen LogP contribution in [0.3, 0.4) is 0 Å². The minimum Gasteiger partial charge on any atom is -0.260 e. The molecule has 0 fully saturated rings. The van der Waals surface area contributed by atoms with E-state index in [9.17, 15) is 0 Å². The summed E-state index contributed by atoms with van der Waals surface area (Å²) in [6, 6.07) is 5.66. The zero-order valence-electron chi connectivity index (χ0n) is 8.21.